The second-order valence-corrected chi connectivity index (χ2v) is 5.52. The predicted molar refractivity (Wildman–Crippen MR) is 82.2 cm³/mol. The number of nitrogens with one attached hydrogen (secondary N) is 1. The quantitative estimate of drug-likeness (QED) is 0.804. The van der Waals surface area contributed by atoms with Gasteiger partial charge in [0.1, 0.15) is 5.82 Å². The highest BCUT2D eigenvalue weighted by Crippen LogP contribution is 2.18. The number of hydrogen-bond donors (Lipinski definition) is 2. The first-order valence-corrected chi connectivity index (χ1v) is 7.21. The molecular formula is C15H22N4O2. The average Bonchev–Trinajstić information content (AvgIpc) is 3.07. The largest absolute Gasteiger partial charge is 0.399 e. The Morgan fingerprint density at radius 3 is 2.67 bits per heavy atom. The van der Waals surface area contributed by atoms with Crippen molar-refractivity contribution in [3.05, 3.63) is 24.0 Å². The van der Waals surface area contributed by atoms with E-state index in [1.165, 1.54) is 0 Å². The minimum absolute atomic E-state index is 0.158. The lowest BCUT2D eigenvalue weighted by molar-refractivity contribution is -0.00461. The van der Waals surface area contributed by atoms with Gasteiger partial charge in [-0.15, -0.1) is 0 Å². The number of H-pyrrole nitrogens is 1. The van der Waals surface area contributed by atoms with Gasteiger partial charge in [0.05, 0.1) is 23.2 Å². The van der Waals surface area contributed by atoms with Gasteiger partial charge in [0.15, 0.2) is 0 Å². The number of likely N-dealkylation sites (tertiary alicyclic amines) is 1. The maximum absolute atomic E-state index is 5.78. The topological polar surface area (TPSA) is 76.4 Å². The van der Waals surface area contributed by atoms with Gasteiger partial charge in [-0.25, -0.2) is 4.98 Å². The molecule has 0 radical (unpaired) electrons. The van der Waals surface area contributed by atoms with Gasteiger partial charge in [0.2, 0.25) is 0 Å². The normalized spacial score (nSPS) is 23.1. The SMILES string of the molecule is COC1CN(CCc2nc3ccc(N)cc3[nH]2)CC1OC. The lowest BCUT2D eigenvalue weighted by atomic mass is 10.3. The number of imidazole rings is 1. The van der Waals surface area contributed by atoms with E-state index in [4.69, 9.17) is 15.2 Å². The molecule has 21 heavy (non-hydrogen) atoms. The smallest absolute Gasteiger partial charge is 0.108 e. The summed E-state index contributed by atoms with van der Waals surface area (Å²) < 4.78 is 10.9. The zero-order valence-electron chi connectivity index (χ0n) is 12.5. The molecule has 1 saturated heterocycles. The first-order valence-electron chi connectivity index (χ1n) is 7.21. The molecule has 0 spiro atoms. The van der Waals surface area contributed by atoms with Crippen molar-refractivity contribution in [2.45, 2.75) is 18.6 Å². The number of nitrogen functional groups attached to an aromatic ring is 1. The third-order valence-electron chi connectivity index (χ3n) is 4.12. The third-order valence-corrected chi connectivity index (χ3v) is 4.12. The van der Waals surface area contributed by atoms with Gasteiger partial charge in [-0.05, 0) is 18.2 Å². The van der Waals surface area contributed by atoms with Crippen molar-refractivity contribution in [1.82, 2.24) is 14.9 Å². The number of aromatic nitrogens is 2. The van der Waals surface area contributed by atoms with Crippen molar-refractivity contribution >= 4 is 16.7 Å². The summed E-state index contributed by atoms with van der Waals surface area (Å²) in [6, 6.07) is 5.74. The van der Waals surface area contributed by atoms with Crippen LogP contribution in [0.5, 0.6) is 0 Å². The van der Waals surface area contributed by atoms with Crippen LogP contribution in [0.25, 0.3) is 11.0 Å². The fourth-order valence-electron chi connectivity index (χ4n) is 2.92. The molecule has 6 heteroatoms. The first kappa shape index (κ1) is 14.3. The number of aromatic amines is 1. The van der Waals surface area contributed by atoms with E-state index in [0.29, 0.717) is 0 Å². The number of rotatable bonds is 5. The van der Waals surface area contributed by atoms with E-state index in [9.17, 15) is 0 Å². The summed E-state index contributed by atoms with van der Waals surface area (Å²) in [4.78, 5) is 10.3. The molecular weight excluding hydrogens is 268 g/mol. The Kier molecular flexibility index (Phi) is 4.10. The highest BCUT2D eigenvalue weighted by molar-refractivity contribution is 5.78. The number of benzene rings is 1. The van der Waals surface area contributed by atoms with Crippen LogP contribution >= 0.6 is 0 Å². The van der Waals surface area contributed by atoms with Gasteiger partial charge < -0.3 is 20.2 Å². The lowest BCUT2D eigenvalue weighted by Gasteiger charge is -2.13. The monoisotopic (exact) mass is 290 g/mol. The Labute approximate surface area is 124 Å². The average molecular weight is 290 g/mol. The molecule has 2 aromatic rings. The summed E-state index contributed by atoms with van der Waals surface area (Å²) in [5, 5.41) is 0. The van der Waals surface area contributed by atoms with Crippen LogP contribution < -0.4 is 5.73 Å². The summed E-state index contributed by atoms with van der Waals surface area (Å²) in [6.45, 7) is 2.75. The maximum atomic E-state index is 5.78. The molecule has 1 fully saturated rings. The Morgan fingerprint density at radius 1 is 1.29 bits per heavy atom. The van der Waals surface area contributed by atoms with Crippen LogP contribution in [0.1, 0.15) is 5.82 Å². The standard InChI is InChI=1S/C15H22N4O2/c1-20-13-8-19(9-14(13)21-2)6-5-15-17-11-4-3-10(16)7-12(11)18-15/h3-4,7,13-14H,5-6,8-9,16H2,1-2H3,(H,17,18). The van der Waals surface area contributed by atoms with Gasteiger partial charge in [-0.3, -0.25) is 4.90 Å². The van der Waals surface area contributed by atoms with E-state index in [0.717, 1.165) is 48.6 Å². The highest BCUT2D eigenvalue weighted by atomic mass is 16.5. The number of hydrogen-bond acceptors (Lipinski definition) is 5. The summed E-state index contributed by atoms with van der Waals surface area (Å²) in [7, 11) is 3.48. The van der Waals surface area contributed by atoms with Crippen molar-refractivity contribution < 1.29 is 9.47 Å². The Balaban J connectivity index is 1.62. The lowest BCUT2D eigenvalue weighted by Crippen LogP contribution is -2.27. The molecule has 2 atom stereocenters. The van der Waals surface area contributed by atoms with E-state index in [1.807, 2.05) is 18.2 Å². The molecule has 0 amide bonds. The van der Waals surface area contributed by atoms with Gasteiger partial charge in [0.25, 0.3) is 0 Å². The van der Waals surface area contributed by atoms with E-state index >= 15 is 0 Å². The van der Waals surface area contributed by atoms with E-state index < -0.39 is 0 Å². The summed E-state index contributed by atoms with van der Waals surface area (Å²) in [5.41, 5.74) is 8.50. The summed E-state index contributed by atoms with van der Waals surface area (Å²) in [6.07, 6.45) is 1.19. The van der Waals surface area contributed by atoms with Crippen molar-refractivity contribution in [2.24, 2.45) is 0 Å². The van der Waals surface area contributed by atoms with Crippen LogP contribution in [-0.2, 0) is 15.9 Å². The number of ether oxygens (including phenoxy) is 2. The molecule has 2 unspecified atom stereocenters. The number of fused-ring (bicyclic) bond motifs is 1. The molecule has 1 aliphatic rings. The second-order valence-electron chi connectivity index (χ2n) is 5.52. The number of nitrogens with zero attached hydrogens (tertiary/aromatic N) is 2. The van der Waals surface area contributed by atoms with E-state index in [2.05, 4.69) is 14.9 Å². The number of methoxy groups -OCH3 is 2. The molecule has 1 aliphatic heterocycles. The maximum Gasteiger partial charge on any atom is 0.108 e. The molecule has 3 rings (SSSR count). The highest BCUT2D eigenvalue weighted by Gasteiger charge is 2.32. The van der Waals surface area contributed by atoms with Crippen molar-refractivity contribution in [2.75, 3.05) is 39.6 Å². The fraction of sp³-hybridized carbons (Fsp3) is 0.533. The molecule has 1 aromatic carbocycles. The molecule has 1 aromatic heterocycles. The molecule has 6 nitrogen and oxygen atoms in total. The summed E-state index contributed by atoms with van der Waals surface area (Å²) in [5.74, 6) is 0.991. The van der Waals surface area contributed by atoms with Gasteiger partial charge >= 0.3 is 0 Å². The molecule has 0 aliphatic carbocycles. The van der Waals surface area contributed by atoms with Crippen molar-refractivity contribution in [3.63, 3.8) is 0 Å². The Morgan fingerprint density at radius 2 is 2.00 bits per heavy atom. The molecule has 3 N–H and O–H groups in total. The van der Waals surface area contributed by atoms with Crippen LogP contribution in [-0.4, -0.2) is 60.9 Å². The molecule has 0 bridgehead atoms. The molecule has 2 heterocycles. The minimum Gasteiger partial charge on any atom is -0.399 e. The zero-order valence-corrected chi connectivity index (χ0v) is 12.5. The van der Waals surface area contributed by atoms with Gasteiger partial charge in [-0.2, -0.15) is 0 Å². The van der Waals surface area contributed by atoms with Gasteiger partial charge in [0, 0.05) is 46.0 Å². The minimum atomic E-state index is 0.158. The van der Waals surface area contributed by atoms with Crippen LogP contribution in [0.4, 0.5) is 5.69 Å². The van der Waals surface area contributed by atoms with Crippen LogP contribution in [0.15, 0.2) is 18.2 Å². The van der Waals surface area contributed by atoms with Crippen LogP contribution in [0, 0.1) is 0 Å². The summed E-state index contributed by atoms with van der Waals surface area (Å²) >= 11 is 0. The van der Waals surface area contributed by atoms with Crippen LogP contribution in [0.3, 0.4) is 0 Å². The zero-order chi connectivity index (χ0) is 14.8. The van der Waals surface area contributed by atoms with Crippen LogP contribution in [0.2, 0.25) is 0 Å². The Bertz CT molecular complexity index is 601. The van der Waals surface area contributed by atoms with Crippen molar-refractivity contribution in [3.8, 4) is 0 Å². The first-order chi connectivity index (χ1) is 10.2. The Hall–Kier alpha value is -1.63. The van der Waals surface area contributed by atoms with Gasteiger partial charge in [-0.1, -0.05) is 0 Å². The molecule has 0 saturated carbocycles. The number of nitrogens with two attached hydrogens (primary N) is 1. The third kappa shape index (κ3) is 3.02. The number of anilines is 1. The van der Waals surface area contributed by atoms with E-state index in [-0.39, 0.29) is 12.2 Å². The second kappa shape index (κ2) is 6.01. The van der Waals surface area contributed by atoms with E-state index in [1.54, 1.807) is 14.2 Å². The molecule has 114 valence electrons. The predicted octanol–water partition coefficient (Wildman–Crippen LogP) is 1.03. The van der Waals surface area contributed by atoms with Crippen molar-refractivity contribution in [1.29, 1.82) is 0 Å². The fourth-order valence-corrected chi connectivity index (χ4v) is 2.92.